The topological polar surface area (TPSA) is 18.5 Å². The van der Waals surface area contributed by atoms with Crippen LogP contribution in [-0.2, 0) is 21.3 Å². The lowest BCUT2D eigenvalue weighted by Gasteiger charge is -2.30. The predicted molar refractivity (Wildman–Crippen MR) is 95.0 cm³/mol. The minimum Gasteiger partial charge on any atom is -0.383 e. The number of rotatable bonds is 7. The van der Waals surface area contributed by atoms with Crippen molar-refractivity contribution in [2.45, 2.75) is 31.6 Å². The summed E-state index contributed by atoms with van der Waals surface area (Å²) in [6.07, 6.45) is 3.59. The molecule has 0 fully saturated rings. The third-order valence-electron chi connectivity index (χ3n) is 4.93. The number of aryl methyl sites for hydroxylation is 1. The minimum atomic E-state index is -0.197. The largest absolute Gasteiger partial charge is 0.383 e. The first-order valence-corrected chi connectivity index (χ1v) is 8.48. The van der Waals surface area contributed by atoms with Gasteiger partial charge in [0.15, 0.2) is 0 Å². The van der Waals surface area contributed by atoms with Crippen LogP contribution in [-0.4, -0.2) is 27.4 Å². The molecule has 1 aliphatic carbocycles. The molecule has 23 heavy (non-hydrogen) atoms. The maximum atomic E-state index is 5.64. The molecule has 0 spiro atoms. The van der Waals surface area contributed by atoms with E-state index in [-0.39, 0.29) is 5.41 Å². The van der Waals surface area contributed by atoms with Gasteiger partial charge in [-0.05, 0) is 40.7 Å². The van der Waals surface area contributed by atoms with Gasteiger partial charge in [-0.3, -0.25) is 0 Å². The molecule has 0 aliphatic heterocycles. The van der Waals surface area contributed by atoms with Crippen molar-refractivity contribution in [2.75, 3.05) is 27.4 Å². The van der Waals surface area contributed by atoms with E-state index >= 15 is 0 Å². The SMILES string of the molecule is CCCCc1ccc2c(c1)C(COC)(COC)c1ccccc1-2. The van der Waals surface area contributed by atoms with Crippen molar-refractivity contribution >= 4 is 0 Å². The number of methoxy groups -OCH3 is 2. The molecule has 2 heteroatoms. The van der Waals surface area contributed by atoms with Gasteiger partial charge in [-0.1, -0.05) is 55.8 Å². The van der Waals surface area contributed by atoms with Gasteiger partial charge in [0, 0.05) is 14.2 Å². The first-order valence-electron chi connectivity index (χ1n) is 8.48. The zero-order chi connectivity index (χ0) is 16.3. The molecule has 2 nitrogen and oxygen atoms in total. The second-order valence-electron chi connectivity index (χ2n) is 6.48. The number of hydrogen-bond acceptors (Lipinski definition) is 2. The maximum Gasteiger partial charge on any atom is 0.0681 e. The summed E-state index contributed by atoms with van der Waals surface area (Å²) in [5.74, 6) is 0. The van der Waals surface area contributed by atoms with Crippen molar-refractivity contribution in [2.24, 2.45) is 0 Å². The summed E-state index contributed by atoms with van der Waals surface area (Å²) < 4.78 is 11.3. The molecule has 0 unspecified atom stereocenters. The Morgan fingerprint density at radius 3 is 2.26 bits per heavy atom. The zero-order valence-corrected chi connectivity index (χ0v) is 14.4. The lowest BCUT2D eigenvalue weighted by molar-refractivity contribution is 0.0814. The summed E-state index contributed by atoms with van der Waals surface area (Å²) in [6.45, 7) is 3.52. The smallest absolute Gasteiger partial charge is 0.0681 e. The fourth-order valence-electron chi connectivity index (χ4n) is 3.88. The quantitative estimate of drug-likeness (QED) is 0.745. The molecule has 0 radical (unpaired) electrons. The van der Waals surface area contributed by atoms with Crippen molar-refractivity contribution in [3.63, 3.8) is 0 Å². The van der Waals surface area contributed by atoms with Gasteiger partial charge >= 0.3 is 0 Å². The van der Waals surface area contributed by atoms with Crippen LogP contribution in [0.3, 0.4) is 0 Å². The van der Waals surface area contributed by atoms with Gasteiger partial charge in [-0.2, -0.15) is 0 Å². The number of fused-ring (bicyclic) bond motifs is 3. The van der Waals surface area contributed by atoms with Crippen LogP contribution < -0.4 is 0 Å². The summed E-state index contributed by atoms with van der Waals surface area (Å²) in [6, 6.07) is 15.6. The Hall–Kier alpha value is -1.64. The maximum absolute atomic E-state index is 5.64. The van der Waals surface area contributed by atoms with Crippen LogP contribution in [0.4, 0.5) is 0 Å². The van der Waals surface area contributed by atoms with Crippen LogP contribution in [0.1, 0.15) is 36.5 Å². The summed E-state index contributed by atoms with van der Waals surface area (Å²) in [4.78, 5) is 0. The molecule has 0 heterocycles. The van der Waals surface area contributed by atoms with Gasteiger partial charge < -0.3 is 9.47 Å². The van der Waals surface area contributed by atoms with E-state index in [4.69, 9.17) is 9.47 Å². The highest BCUT2D eigenvalue weighted by atomic mass is 16.5. The predicted octanol–water partition coefficient (Wildman–Crippen LogP) is 4.59. The number of hydrogen-bond donors (Lipinski definition) is 0. The molecule has 122 valence electrons. The van der Waals surface area contributed by atoms with Crippen molar-refractivity contribution in [3.8, 4) is 11.1 Å². The molecule has 2 aromatic carbocycles. The van der Waals surface area contributed by atoms with Crippen LogP contribution in [0.25, 0.3) is 11.1 Å². The molecular weight excluding hydrogens is 284 g/mol. The van der Waals surface area contributed by atoms with Crippen molar-refractivity contribution in [1.82, 2.24) is 0 Å². The first-order chi connectivity index (χ1) is 11.3. The normalized spacial score (nSPS) is 14.6. The van der Waals surface area contributed by atoms with E-state index in [2.05, 4.69) is 49.4 Å². The van der Waals surface area contributed by atoms with Crippen molar-refractivity contribution < 1.29 is 9.47 Å². The Labute approximate surface area is 139 Å². The first kappa shape index (κ1) is 16.2. The molecule has 0 atom stereocenters. The molecule has 1 aliphatic rings. The fraction of sp³-hybridized carbons (Fsp3) is 0.429. The summed E-state index contributed by atoms with van der Waals surface area (Å²) in [5.41, 5.74) is 6.54. The van der Waals surface area contributed by atoms with Gasteiger partial charge in [0.25, 0.3) is 0 Å². The second-order valence-corrected chi connectivity index (χ2v) is 6.48. The van der Waals surface area contributed by atoms with E-state index in [1.165, 1.54) is 40.7 Å². The number of ether oxygens (including phenoxy) is 2. The molecule has 0 bridgehead atoms. The Balaban J connectivity index is 2.16. The van der Waals surface area contributed by atoms with Crippen LogP contribution in [0.15, 0.2) is 42.5 Å². The molecule has 3 rings (SSSR count). The minimum absolute atomic E-state index is 0.197. The molecule has 0 aromatic heterocycles. The van der Waals surface area contributed by atoms with E-state index in [0.717, 1.165) is 6.42 Å². The van der Waals surface area contributed by atoms with E-state index in [1.807, 2.05) is 0 Å². The lowest BCUT2D eigenvalue weighted by Crippen LogP contribution is -2.35. The monoisotopic (exact) mass is 310 g/mol. The van der Waals surface area contributed by atoms with Crippen LogP contribution >= 0.6 is 0 Å². The second kappa shape index (κ2) is 6.86. The van der Waals surface area contributed by atoms with Crippen molar-refractivity contribution in [3.05, 3.63) is 59.2 Å². The summed E-state index contributed by atoms with van der Waals surface area (Å²) >= 11 is 0. The summed E-state index contributed by atoms with van der Waals surface area (Å²) in [5, 5.41) is 0. The Morgan fingerprint density at radius 2 is 1.57 bits per heavy atom. The molecular formula is C21H26O2. The standard InChI is InChI=1S/C21H26O2/c1-4-5-8-16-11-12-18-17-9-6-7-10-19(17)21(14-22-2,15-23-3)20(18)13-16/h6-7,9-13H,4-5,8,14-15H2,1-3H3. The molecule has 0 N–H and O–H groups in total. The molecule has 0 saturated carbocycles. The van der Waals surface area contributed by atoms with Gasteiger partial charge in [0.2, 0.25) is 0 Å². The highest BCUT2D eigenvalue weighted by Crippen LogP contribution is 2.49. The van der Waals surface area contributed by atoms with Crippen molar-refractivity contribution in [1.29, 1.82) is 0 Å². The van der Waals surface area contributed by atoms with Crippen LogP contribution in [0.2, 0.25) is 0 Å². The third kappa shape index (κ3) is 2.71. The van der Waals surface area contributed by atoms with Gasteiger partial charge in [0.1, 0.15) is 0 Å². The number of unbranched alkanes of at least 4 members (excludes halogenated alkanes) is 1. The summed E-state index contributed by atoms with van der Waals surface area (Å²) in [7, 11) is 3.55. The average molecular weight is 310 g/mol. The van der Waals surface area contributed by atoms with E-state index in [1.54, 1.807) is 14.2 Å². The van der Waals surface area contributed by atoms with Gasteiger partial charge in [-0.25, -0.2) is 0 Å². The molecule has 0 saturated heterocycles. The van der Waals surface area contributed by atoms with Gasteiger partial charge in [-0.15, -0.1) is 0 Å². The van der Waals surface area contributed by atoms with Gasteiger partial charge in [0.05, 0.1) is 18.6 Å². The van der Waals surface area contributed by atoms with E-state index in [0.29, 0.717) is 13.2 Å². The third-order valence-corrected chi connectivity index (χ3v) is 4.93. The lowest BCUT2D eigenvalue weighted by atomic mass is 9.79. The molecule has 0 amide bonds. The van der Waals surface area contributed by atoms with Crippen LogP contribution in [0, 0.1) is 0 Å². The number of benzene rings is 2. The van der Waals surface area contributed by atoms with Crippen LogP contribution in [0.5, 0.6) is 0 Å². The fourth-order valence-corrected chi connectivity index (χ4v) is 3.88. The Bertz CT molecular complexity index is 669. The zero-order valence-electron chi connectivity index (χ0n) is 14.4. The Kier molecular flexibility index (Phi) is 4.84. The highest BCUT2D eigenvalue weighted by Gasteiger charge is 2.43. The van der Waals surface area contributed by atoms with E-state index in [9.17, 15) is 0 Å². The Morgan fingerprint density at radius 1 is 0.870 bits per heavy atom. The highest BCUT2D eigenvalue weighted by molar-refractivity contribution is 5.81. The average Bonchev–Trinajstić information content (AvgIpc) is 2.84. The molecule has 2 aromatic rings. The van der Waals surface area contributed by atoms with E-state index < -0.39 is 0 Å².